The molecule has 0 saturated heterocycles. The van der Waals surface area contributed by atoms with E-state index >= 15 is 0 Å². The highest BCUT2D eigenvalue weighted by Gasteiger charge is 2.41. The lowest BCUT2D eigenvalue weighted by Gasteiger charge is -2.35. The fourth-order valence-electron chi connectivity index (χ4n) is 10.8. The maximum atomic E-state index is 2.47. The maximum absolute atomic E-state index is 2.81. The summed E-state index contributed by atoms with van der Waals surface area (Å²) in [6.45, 7) is 4.45. The molecular formula is C60H45N3Si. The molecule has 0 aliphatic heterocycles. The monoisotopic (exact) mass is 835 g/mol. The normalized spacial score (nSPS) is 13.3. The molecule has 12 aromatic rings. The quantitative estimate of drug-likeness (QED) is 0.0823. The zero-order valence-electron chi connectivity index (χ0n) is 35.9. The topological polar surface area (TPSA) is 14.8 Å². The first-order chi connectivity index (χ1) is 31.7. The Hall–Kier alpha value is -7.92. The first-order valence-electron chi connectivity index (χ1n) is 22.2. The van der Waals surface area contributed by atoms with Crippen LogP contribution in [0.4, 0.5) is 0 Å². The van der Waals surface area contributed by atoms with Crippen LogP contribution >= 0.6 is 0 Å². The van der Waals surface area contributed by atoms with Crippen molar-refractivity contribution < 1.29 is 0 Å². The second kappa shape index (κ2) is 15.2. The Kier molecular flexibility index (Phi) is 8.96. The molecule has 64 heavy (non-hydrogen) atoms. The molecule has 0 aliphatic rings. The van der Waals surface area contributed by atoms with Gasteiger partial charge in [0.15, 0.2) is 8.07 Å². The van der Waals surface area contributed by atoms with Crippen LogP contribution in [0.1, 0.15) is 13.8 Å². The van der Waals surface area contributed by atoms with Crippen LogP contribution in [0.25, 0.3) is 82.5 Å². The third-order valence-electron chi connectivity index (χ3n) is 13.5. The summed E-state index contributed by atoms with van der Waals surface area (Å²) in [5, 5.41) is 13.0. The highest BCUT2D eigenvalue weighted by molar-refractivity contribution is 7.16. The summed E-state index contributed by atoms with van der Waals surface area (Å²) in [6, 6.07) is 81.0. The van der Waals surface area contributed by atoms with Crippen molar-refractivity contribution in [3.63, 3.8) is 0 Å². The van der Waals surface area contributed by atoms with E-state index in [1.54, 1.807) is 0 Å². The average molecular weight is 836 g/mol. The minimum atomic E-state index is -2.81. The second-order valence-electron chi connectivity index (χ2n) is 16.9. The molecule has 304 valence electrons. The molecule has 0 aliphatic carbocycles. The Labute approximate surface area is 373 Å². The highest BCUT2D eigenvalue weighted by Crippen LogP contribution is 2.42. The summed E-state index contributed by atoms with van der Waals surface area (Å²) in [5.74, 6) is 0. The summed E-state index contributed by atoms with van der Waals surface area (Å²) in [6.07, 6.45) is 6.69. The van der Waals surface area contributed by atoms with Crippen molar-refractivity contribution in [3.05, 3.63) is 242 Å². The fraction of sp³-hybridized carbons (Fsp3) is 0.0333. The van der Waals surface area contributed by atoms with Crippen LogP contribution in [0.5, 0.6) is 0 Å². The molecule has 4 heteroatoms. The molecule has 0 amide bonds. The molecule has 0 bridgehead atoms. The molecule has 3 nitrogen and oxygen atoms in total. The number of para-hydroxylation sites is 5. The lowest BCUT2D eigenvalue weighted by molar-refractivity contribution is 1.17. The van der Waals surface area contributed by atoms with Crippen molar-refractivity contribution in [2.75, 3.05) is 0 Å². The zero-order chi connectivity index (χ0) is 42.8. The number of aromatic nitrogens is 3. The first-order valence-corrected chi connectivity index (χ1v) is 24.2. The Morgan fingerprint density at radius 3 is 1.31 bits per heavy atom. The van der Waals surface area contributed by atoms with Gasteiger partial charge in [-0.3, -0.25) is 0 Å². The lowest BCUT2D eigenvalue weighted by Crippen LogP contribution is -2.68. The predicted octanol–water partition coefficient (Wildman–Crippen LogP) is 13.5. The Balaban J connectivity index is 1.07. The summed E-state index contributed by atoms with van der Waals surface area (Å²) < 4.78 is 7.34. The number of benzene rings is 9. The van der Waals surface area contributed by atoms with Crippen LogP contribution < -0.4 is 15.6 Å². The summed E-state index contributed by atoms with van der Waals surface area (Å²) in [7, 11) is -2.81. The van der Waals surface area contributed by atoms with Crippen LogP contribution in [-0.4, -0.2) is 21.8 Å². The van der Waals surface area contributed by atoms with Gasteiger partial charge in [-0.05, 0) is 96.1 Å². The number of hydrogen-bond donors (Lipinski definition) is 0. The Morgan fingerprint density at radius 2 is 0.766 bits per heavy atom. The van der Waals surface area contributed by atoms with Crippen LogP contribution in [0, 0.1) is 0 Å². The number of hydrogen-bond acceptors (Lipinski definition) is 0. The van der Waals surface area contributed by atoms with E-state index in [1.807, 2.05) is 0 Å². The molecule has 0 fully saturated rings. The molecular weight excluding hydrogens is 791 g/mol. The standard InChI is InChI=1S/C60H45N3Si/c1-3-4-19-42(2)64(46-22-9-6-10-23-46,47-36-32-44(33-37-47)61-54-28-15-11-24-49(54)50-25-12-16-29-55(50)61)48-38-34-45(35-39-48)62-57-31-18-14-27-53(57)59-58(62)41-40-52-51-26-13-17-30-56(51)63(60(52)59)43-20-7-5-8-21-43/h3-41H,1-2H3/b4-3-,42-19+. The highest BCUT2D eigenvalue weighted by atomic mass is 28.3. The van der Waals surface area contributed by atoms with E-state index < -0.39 is 8.07 Å². The van der Waals surface area contributed by atoms with E-state index in [0.29, 0.717) is 0 Å². The van der Waals surface area contributed by atoms with Gasteiger partial charge in [-0.15, -0.1) is 0 Å². The number of rotatable bonds is 8. The molecule has 12 rings (SSSR count). The predicted molar refractivity (Wildman–Crippen MR) is 276 cm³/mol. The van der Waals surface area contributed by atoms with Crippen LogP contribution in [0.15, 0.2) is 242 Å². The van der Waals surface area contributed by atoms with E-state index in [2.05, 4.69) is 264 Å². The molecule has 3 heterocycles. The van der Waals surface area contributed by atoms with Crippen molar-refractivity contribution in [1.82, 2.24) is 13.7 Å². The number of nitrogens with zero attached hydrogens (tertiary/aromatic N) is 3. The summed E-state index contributed by atoms with van der Waals surface area (Å²) in [4.78, 5) is 0. The van der Waals surface area contributed by atoms with Crippen molar-refractivity contribution in [2.45, 2.75) is 13.8 Å². The Bertz CT molecular complexity index is 3720. The lowest BCUT2D eigenvalue weighted by atomic mass is 10.1. The third-order valence-corrected chi connectivity index (χ3v) is 18.5. The second-order valence-corrected chi connectivity index (χ2v) is 20.9. The molecule has 0 spiro atoms. The summed E-state index contributed by atoms with van der Waals surface area (Å²) in [5.41, 5.74) is 10.7. The number of fused-ring (bicyclic) bond motifs is 10. The van der Waals surface area contributed by atoms with E-state index in [0.717, 1.165) is 17.1 Å². The van der Waals surface area contributed by atoms with Gasteiger partial charge in [-0.1, -0.05) is 175 Å². The molecule has 0 saturated carbocycles. The van der Waals surface area contributed by atoms with Gasteiger partial charge in [-0.2, -0.15) is 0 Å². The van der Waals surface area contributed by atoms with Crippen LogP contribution in [0.2, 0.25) is 0 Å². The van der Waals surface area contributed by atoms with Crippen LogP contribution in [-0.2, 0) is 0 Å². The maximum Gasteiger partial charge on any atom is 0.175 e. The van der Waals surface area contributed by atoms with E-state index in [-0.39, 0.29) is 0 Å². The zero-order valence-corrected chi connectivity index (χ0v) is 36.9. The van der Waals surface area contributed by atoms with Gasteiger partial charge in [0.2, 0.25) is 0 Å². The van der Waals surface area contributed by atoms with Crippen molar-refractivity contribution in [3.8, 4) is 17.1 Å². The van der Waals surface area contributed by atoms with Crippen molar-refractivity contribution in [1.29, 1.82) is 0 Å². The SMILES string of the molecule is C/C=C\C=C(/C)[Si](c1ccccc1)(c1ccc(-n2c3ccccc3c3ccccc32)cc1)c1ccc(-n2c3ccccc3c3c2ccc2c4ccccc4n(-c4ccccc4)c23)cc1. The van der Waals surface area contributed by atoms with Gasteiger partial charge >= 0.3 is 0 Å². The minimum absolute atomic E-state index is 1.14. The molecule has 9 aromatic carbocycles. The molecule has 1 unspecified atom stereocenters. The summed E-state index contributed by atoms with van der Waals surface area (Å²) >= 11 is 0. The first kappa shape index (κ1) is 37.8. The van der Waals surface area contributed by atoms with E-state index in [1.165, 1.54) is 86.2 Å². The van der Waals surface area contributed by atoms with Gasteiger partial charge in [0.25, 0.3) is 0 Å². The molecule has 0 N–H and O–H groups in total. The minimum Gasteiger partial charge on any atom is -0.309 e. The van der Waals surface area contributed by atoms with Gasteiger partial charge in [0.05, 0.1) is 33.1 Å². The molecule has 0 radical (unpaired) electrons. The van der Waals surface area contributed by atoms with Gasteiger partial charge < -0.3 is 13.7 Å². The van der Waals surface area contributed by atoms with Gasteiger partial charge in [-0.25, -0.2) is 0 Å². The molecule has 3 aromatic heterocycles. The van der Waals surface area contributed by atoms with Crippen molar-refractivity contribution >= 4 is 89.1 Å². The average Bonchev–Trinajstić information content (AvgIpc) is 4.00. The van der Waals surface area contributed by atoms with Crippen molar-refractivity contribution in [2.24, 2.45) is 0 Å². The smallest absolute Gasteiger partial charge is 0.175 e. The van der Waals surface area contributed by atoms with E-state index in [4.69, 9.17) is 0 Å². The largest absolute Gasteiger partial charge is 0.309 e. The Morgan fingerprint density at radius 1 is 0.359 bits per heavy atom. The number of allylic oxidation sites excluding steroid dienone is 4. The van der Waals surface area contributed by atoms with Crippen LogP contribution in [0.3, 0.4) is 0 Å². The third kappa shape index (κ3) is 5.59. The fourth-order valence-corrected chi connectivity index (χ4v) is 15.5. The van der Waals surface area contributed by atoms with Gasteiger partial charge in [0.1, 0.15) is 0 Å². The van der Waals surface area contributed by atoms with E-state index in [9.17, 15) is 0 Å². The van der Waals surface area contributed by atoms with Gasteiger partial charge in [0, 0.05) is 49.4 Å². The molecule has 1 atom stereocenters.